The Morgan fingerprint density at radius 3 is 2.65 bits per heavy atom. The number of oxazole rings is 1. The molecule has 1 amide bonds. The molecule has 3 heterocycles. The van der Waals surface area contributed by atoms with Crippen LogP contribution in [0.1, 0.15) is 25.2 Å². The third-order valence-corrected chi connectivity index (χ3v) is 5.81. The number of rotatable bonds is 4. The molecule has 0 N–H and O–H groups in total. The van der Waals surface area contributed by atoms with Gasteiger partial charge in [0, 0.05) is 18.7 Å². The number of likely N-dealkylation sites (tertiary alicyclic amines) is 1. The standard InChI is InChI=1S/C24H24FN3O3/c25-18-10-8-17(9-11-18)21-14-26-23(31-21)16-28-15-22(24(29)27-12-4-1-5-13-27)30-20-7-3-2-6-19(20)28/h2-3,6-11,14,22H,1,4-5,12-13,15-16H2. The number of anilines is 1. The zero-order valence-electron chi connectivity index (χ0n) is 17.2. The van der Waals surface area contributed by atoms with E-state index in [0.29, 0.717) is 30.5 Å². The molecular weight excluding hydrogens is 397 g/mol. The molecule has 1 saturated heterocycles. The van der Waals surface area contributed by atoms with Gasteiger partial charge >= 0.3 is 0 Å². The van der Waals surface area contributed by atoms with Crippen LogP contribution in [0.4, 0.5) is 10.1 Å². The summed E-state index contributed by atoms with van der Waals surface area (Å²) >= 11 is 0. The fourth-order valence-corrected chi connectivity index (χ4v) is 4.20. The van der Waals surface area contributed by atoms with Crippen LogP contribution in [0.25, 0.3) is 11.3 Å². The lowest BCUT2D eigenvalue weighted by atomic mass is 10.1. The van der Waals surface area contributed by atoms with Gasteiger partial charge in [0.15, 0.2) is 11.9 Å². The van der Waals surface area contributed by atoms with Crippen molar-refractivity contribution < 1.29 is 18.3 Å². The van der Waals surface area contributed by atoms with E-state index in [4.69, 9.17) is 9.15 Å². The molecule has 0 bridgehead atoms. The van der Waals surface area contributed by atoms with E-state index in [0.717, 1.165) is 37.2 Å². The minimum Gasteiger partial charge on any atom is -0.477 e. The summed E-state index contributed by atoms with van der Waals surface area (Å²) in [5.41, 5.74) is 1.67. The maximum absolute atomic E-state index is 13.2. The van der Waals surface area contributed by atoms with E-state index in [9.17, 15) is 9.18 Å². The first kappa shape index (κ1) is 19.6. The Labute approximate surface area is 180 Å². The van der Waals surface area contributed by atoms with E-state index in [1.165, 1.54) is 18.6 Å². The van der Waals surface area contributed by atoms with Gasteiger partial charge in [0.2, 0.25) is 5.89 Å². The fourth-order valence-electron chi connectivity index (χ4n) is 4.20. The normalized spacial score (nSPS) is 18.4. The Hall–Kier alpha value is -3.35. The quantitative estimate of drug-likeness (QED) is 0.630. The van der Waals surface area contributed by atoms with Gasteiger partial charge in [-0.1, -0.05) is 12.1 Å². The van der Waals surface area contributed by atoms with Gasteiger partial charge in [0.25, 0.3) is 5.91 Å². The molecule has 3 aromatic rings. The van der Waals surface area contributed by atoms with E-state index in [1.807, 2.05) is 29.2 Å². The van der Waals surface area contributed by atoms with Crippen molar-refractivity contribution in [2.24, 2.45) is 0 Å². The second-order valence-corrected chi connectivity index (χ2v) is 7.97. The molecule has 0 spiro atoms. The van der Waals surface area contributed by atoms with Crippen LogP contribution in [0, 0.1) is 5.82 Å². The molecule has 2 aromatic carbocycles. The van der Waals surface area contributed by atoms with Crippen LogP contribution in [-0.2, 0) is 11.3 Å². The van der Waals surface area contributed by atoms with Crippen molar-refractivity contribution in [3.05, 3.63) is 66.4 Å². The van der Waals surface area contributed by atoms with Crippen molar-refractivity contribution in [1.82, 2.24) is 9.88 Å². The van der Waals surface area contributed by atoms with Crippen molar-refractivity contribution in [2.45, 2.75) is 31.9 Å². The smallest absolute Gasteiger partial charge is 0.265 e. The van der Waals surface area contributed by atoms with E-state index >= 15 is 0 Å². The number of para-hydroxylation sites is 2. The lowest BCUT2D eigenvalue weighted by molar-refractivity contribution is -0.139. The third-order valence-electron chi connectivity index (χ3n) is 5.81. The minimum atomic E-state index is -0.556. The number of fused-ring (bicyclic) bond motifs is 1. The Balaban J connectivity index is 1.36. The lowest BCUT2D eigenvalue weighted by Crippen LogP contribution is -2.51. The molecule has 2 aliphatic rings. The molecule has 6 nitrogen and oxygen atoms in total. The Bertz CT molecular complexity index is 1060. The van der Waals surface area contributed by atoms with Crippen molar-refractivity contribution in [1.29, 1.82) is 0 Å². The molecule has 160 valence electrons. The van der Waals surface area contributed by atoms with Crippen molar-refractivity contribution in [2.75, 3.05) is 24.5 Å². The number of carbonyl (C=O) groups is 1. The molecule has 7 heteroatoms. The average Bonchev–Trinajstić information content (AvgIpc) is 3.28. The monoisotopic (exact) mass is 421 g/mol. The van der Waals surface area contributed by atoms with Gasteiger partial charge in [-0.3, -0.25) is 4.79 Å². The van der Waals surface area contributed by atoms with Crippen molar-refractivity contribution >= 4 is 11.6 Å². The third kappa shape index (κ3) is 4.13. The van der Waals surface area contributed by atoms with Crippen molar-refractivity contribution in [3.63, 3.8) is 0 Å². The van der Waals surface area contributed by atoms with Crippen LogP contribution >= 0.6 is 0 Å². The maximum Gasteiger partial charge on any atom is 0.265 e. The van der Waals surface area contributed by atoms with Crippen LogP contribution in [0.2, 0.25) is 0 Å². The second kappa shape index (κ2) is 8.41. The van der Waals surface area contributed by atoms with Crippen LogP contribution in [0.15, 0.2) is 59.1 Å². The number of ether oxygens (including phenoxy) is 1. The molecule has 1 unspecified atom stereocenters. The van der Waals surface area contributed by atoms with Gasteiger partial charge in [-0.15, -0.1) is 0 Å². The number of hydrogen-bond donors (Lipinski definition) is 0. The summed E-state index contributed by atoms with van der Waals surface area (Å²) in [7, 11) is 0. The number of benzene rings is 2. The first-order valence-electron chi connectivity index (χ1n) is 10.7. The second-order valence-electron chi connectivity index (χ2n) is 7.97. The predicted molar refractivity (Wildman–Crippen MR) is 114 cm³/mol. The highest BCUT2D eigenvalue weighted by atomic mass is 19.1. The summed E-state index contributed by atoms with van der Waals surface area (Å²) in [5.74, 6) is 1.54. The fraction of sp³-hybridized carbons (Fsp3) is 0.333. The SMILES string of the molecule is O=C(C1CN(Cc2ncc(-c3ccc(F)cc3)o2)c2ccccc2O1)N1CCCCC1. The highest BCUT2D eigenvalue weighted by Crippen LogP contribution is 2.35. The molecule has 1 fully saturated rings. The summed E-state index contributed by atoms with van der Waals surface area (Å²) in [5, 5.41) is 0. The minimum absolute atomic E-state index is 0.0404. The Kier molecular flexibility index (Phi) is 5.32. The highest BCUT2D eigenvalue weighted by molar-refractivity contribution is 5.83. The molecule has 5 rings (SSSR count). The summed E-state index contributed by atoms with van der Waals surface area (Å²) in [6, 6.07) is 13.8. The van der Waals surface area contributed by atoms with Crippen molar-refractivity contribution in [3.8, 4) is 17.1 Å². The van der Waals surface area contributed by atoms with Crippen LogP contribution < -0.4 is 9.64 Å². The highest BCUT2D eigenvalue weighted by Gasteiger charge is 2.34. The number of nitrogens with zero attached hydrogens (tertiary/aromatic N) is 3. The average molecular weight is 421 g/mol. The number of aromatic nitrogens is 1. The van der Waals surface area contributed by atoms with E-state index < -0.39 is 6.10 Å². The predicted octanol–water partition coefficient (Wildman–Crippen LogP) is 4.26. The number of piperidine rings is 1. The van der Waals surface area contributed by atoms with E-state index in [2.05, 4.69) is 9.88 Å². The number of amides is 1. The van der Waals surface area contributed by atoms with Gasteiger partial charge in [-0.2, -0.15) is 0 Å². The van der Waals surface area contributed by atoms with Crippen LogP contribution in [-0.4, -0.2) is 41.5 Å². The largest absolute Gasteiger partial charge is 0.477 e. The van der Waals surface area contributed by atoms with Crippen LogP contribution in [0.3, 0.4) is 0 Å². The molecule has 0 aliphatic carbocycles. The number of halogens is 1. The summed E-state index contributed by atoms with van der Waals surface area (Å²) in [4.78, 5) is 21.5. The number of hydrogen-bond acceptors (Lipinski definition) is 5. The Morgan fingerprint density at radius 2 is 1.84 bits per heavy atom. The van der Waals surface area contributed by atoms with Gasteiger partial charge < -0.3 is 19.0 Å². The first-order chi connectivity index (χ1) is 15.2. The summed E-state index contributed by atoms with van der Waals surface area (Å²) < 4.78 is 25.2. The first-order valence-corrected chi connectivity index (χ1v) is 10.7. The summed E-state index contributed by atoms with van der Waals surface area (Å²) in [6.07, 6.45) is 4.35. The van der Waals surface area contributed by atoms with E-state index in [1.54, 1.807) is 18.3 Å². The summed E-state index contributed by atoms with van der Waals surface area (Å²) in [6.45, 7) is 2.42. The molecule has 1 atom stereocenters. The topological polar surface area (TPSA) is 58.8 Å². The lowest BCUT2D eigenvalue weighted by Gasteiger charge is -2.37. The zero-order valence-corrected chi connectivity index (χ0v) is 17.2. The molecule has 1 aromatic heterocycles. The molecule has 0 radical (unpaired) electrons. The molecular formula is C24H24FN3O3. The van der Waals surface area contributed by atoms with Gasteiger partial charge in [0.05, 0.1) is 25.0 Å². The molecule has 31 heavy (non-hydrogen) atoms. The maximum atomic E-state index is 13.2. The Morgan fingerprint density at radius 1 is 1.06 bits per heavy atom. The van der Waals surface area contributed by atoms with Gasteiger partial charge in [0.1, 0.15) is 11.6 Å². The van der Waals surface area contributed by atoms with Gasteiger partial charge in [-0.25, -0.2) is 9.37 Å². The molecule has 0 saturated carbocycles. The number of carbonyl (C=O) groups excluding carboxylic acids is 1. The van der Waals surface area contributed by atoms with Gasteiger partial charge in [-0.05, 0) is 55.7 Å². The van der Waals surface area contributed by atoms with Crippen LogP contribution in [0.5, 0.6) is 5.75 Å². The zero-order chi connectivity index (χ0) is 21.2. The van der Waals surface area contributed by atoms with E-state index in [-0.39, 0.29) is 11.7 Å². The molecule has 2 aliphatic heterocycles.